The van der Waals surface area contributed by atoms with Gasteiger partial charge in [-0.15, -0.1) is 0 Å². The normalized spacial score (nSPS) is 18.4. The minimum absolute atomic E-state index is 0.0162. The second-order valence-corrected chi connectivity index (χ2v) is 13.1. The van der Waals surface area contributed by atoms with E-state index in [2.05, 4.69) is 81.3 Å². The molecule has 1 aromatic heterocycles. The van der Waals surface area contributed by atoms with Crippen LogP contribution in [0.25, 0.3) is 10.9 Å². The topological polar surface area (TPSA) is 62.3 Å². The summed E-state index contributed by atoms with van der Waals surface area (Å²) in [4.78, 5) is 11.7. The van der Waals surface area contributed by atoms with Gasteiger partial charge in [-0.1, -0.05) is 65.8 Å². The summed E-state index contributed by atoms with van der Waals surface area (Å²) in [6, 6.07) is 13.8. The molecule has 0 atom stereocenters. The molecule has 0 unspecified atom stereocenters. The van der Waals surface area contributed by atoms with Gasteiger partial charge in [-0.3, -0.25) is 0 Å². The molecule has 6 nitrogen and oxygen atoms in total. The van der Waals surface area contributed by atoms with Crippen LogP contribution in [-0.2, 0) is 17.4 Å². The largest absolute Gasteiger partial charge is 0.496 e. The summed E-state index contributed by atoms with van der Waals surface area (Å²) in [6.45, 7) is 14.5. The molecule has 206 valence electrons. The molecule has 0 saturated heterocycles. The first-order chi connectivity index (χ1) is 17.9. The summed E-state index contributed by atoms with van der Waals surface area (Å²) in [5.41, 5.74) is 4.98. The van der Waals surface area contributed by atoms with Crippen molar-refractivity contribution in [3.63, 3.8) is 0 Å². The number of rotatable bonds is 7. The van der Waals surface area contributed by atoms with Crippen LogP contribution in [0.5, 0.6) is 5.75 Å². The van der Waals surface area contributed by atoms with Crippen LogP contribution in [0.1, 0.15) is 83.9 Å². The molecule has 1 heterocycles. The van der Waals surface area contributed by atoms with E-state index in [0.29, 0.717) is 12.1 Å². The fraction of sp³-hybridized carbons (Fsp3) is 0.562. The summed E-state index contributed by atoms with van der Waals surface area (Å²) in [6.07, 6.45) is 4.44. The van der Waals surface area contributed by atoms with Crippen LogP contribution in [0.4, 0.5) is 11.8 Å². The van der Waals surface area contributed by atoms with Gasteiger partial charge in [0, 0.05) is 49.2 Å². The van der Waals surface area contributed by atoms with E-state index in [4.69, 9.17) is 14.7 Å². The monoisotopic (exact) mass is 517 g/mol. The van der Waals surface area contributed by atoms with Crippen LogP contribution in [0.15, 0.2) is 36.4 Å². The van der Waals surface area contributed by atoms with Crippen LogP contribution in [0.3, 0.4) is 0 Å². The van der Waals surface area contributed by atoms with Gasteiger partial charge in [0.25, 0.3) is 0 Å². The van der Waals surface area contributed by atoms with Gasteiger partial charge in [-0.25, -0.2) is 4.98 Å². The van der Waals surface area contributed by atoms with Crippen molar-refractivity contribution >= 4 is 22.7 Å². The first-order valence-corrected chi connectivity index (χ1v) is 14.0. The number of hydrogen-bond acceptors (Lipinski definition) is 6. The van der Waals surface area contributed by atoms with E-state index in [9.17, 15) is 0 Å². The minimum Gasteiger partial charge on any atom is -0.496 e. The summed E-state index contributed by atoms with van der Waals surface area (Å²) >= 11 is 0. The predicted molar refractivity (Wildman–Crippen MR) is 161 cm³/mol. The molecule has 2 N–H and O–H groups in total. The molecule has 0 bridgehead atoms. The van der Waals surface area contributed by atoms with Crippen molar-refractivity contribution in [3.05, 3.63) is 53.1 Å². The number of para-hydroxylation sites is 1. The van der Waals surface area contributed by atoms with Gasteiger partial charge in [-0.2, -0.15) is 4.98 Å². The number of nitrogens with zero attached hydrogens (tertiary/aromatic N) is 3. The minimum atomic E-state index is 0.0162. The van der Waals surface area contributed by atoms with Gasteiger partial charge in [0.2, 0.25) is 5.95 Å². The Morgan fingerprint density at radius 3 is 2.16 bits per heavy atom. The van der Waals surface area contributed by atoms with E-state index in [1.807, 2.05) is 26.2 Å². The predicted octanol–water partition coefficient (Wildman–Crippen LogP) is 6.81. The molecule has 2 aromatic carbocycles. The molecule has 0 spiro atoms. The Hall–Kier alpha value is -2.86. The van der Waals surface area contributed by atoms with Gasteiger partial charge in [0.15, 0.2) is 0 Å². The maximum absolute atomic E-state index is 5.98. The number of benzene rings is 2. The lowest BCUT2D eigenvalue weighted by Gasteiger charge is -2.31. The Bertz CT molecular complexity index is 1250. The zero-order valence-electron chi connectivity index (χ0n) is 24.9. The fourth-order valence-electron chi connectivity index (χ4n) is 5.40. The molecule has 3 aromatic rings. The van der Waals surface area contributed by atoms with Crippen molar-refractivity contribution in [2.24, 2.45) is 0 Å². The van der Waals surface area contributed by atoms with Crippen molar-refractivity contribution in [3.8, 4) is 5.75 Å². The van der Waals surface area contributed by atoms with E-state index in [-0.39, 0.29) is 10.8 Å². The second kappa shape index (κ2) is 11.1. The molecule has 38 heavy (non-hydrogen) atoms. The van der Waals surface area contributed by atoms with Gasteiger partial charge < -0.3 is 20.3 Å². The third-order valence-electron chi connectivity index (χ3n) is 7.69. The Morgan fingerprint density at radius 2 is 1.55 bits per heavy atom. The SMILES string of the molecule is COc1c(CN[C@H]2CC[C@@H](Nc3nc(N(C)C)c4ccccc4n3)CC2)cc(C(C)(C)C)cc1C(C)(C)C. The zero-order chi connectivity index (χ0) is 27.7. The molecule has 1 fully saturated rings. The summed E-state index contributed by atoms with van der Waals surface area (Å²) in [5, 5.41) is 8.57. The molecule has 0 amide bonds. The summed E-state index contributed by atoms with van der Waals surface area (Å²) in [5.74, 6) is 2.70. The van der Waals surface area contributed by atoms with Gasteiger partial charge in [0.1, 0.15) is 11.6 Å². The van der Waals surface area contributed by atoms with Crippen LogP contribution in [-0.4, -0.2) is 43.3 Å². The lowest BCUT2D eigenvalue weighted by molar-refractivity contribution is 0.346. The van der Waals surface area contributed by atoms with Crippen molar-refractivity contribution in [2.45, 2.75) is 96.7 Å². The van der Waals surface area contributed by atoms with Crippen molar-refractivity contribution in [2.75, 3.05) is 31.4 Å². The number of methoxy groups -OCH3 is 1. The Labute approximate surface area is 229 Å². The van der Waals surface area contributed by atoms with E-state index in [0.717, 1.165) is 60.6 Å². The molecular weight excluding hydrogens is 470 g/mol. The van der Waals surface area contributed by atoms with Gasteiger partial charge >= 0.3 is 0 Å². The molecular formula is C32H47N5O. The van der Waals surface area contributed by atoms with Crippen molar-refractivity contribution in [1.82, 2.24) is 15.3 Å². The molecule has 1 saturated carbocycles. The summed E-state index contributed by atoms with van der Waals surface area (Å²) in [7, 11) is 5.87. The highest BCUT2D eigenvalue weighted by Gasteiger charge is 2.27. The molecule has 0 radical (unpaired) electrons. The number of aromatic nitrogens is 2. The number of nitrogens with one attached hydrogen (secondary N) is 2. The first-order valence-electron chi connectivity index (χ1n) is 14.0. The highest BCUT2D eigenvalue weighted by molar-refractivity contribution is 5.90. The first kappa shape index (κ1) is 28.2. The highest BCUT2D eigenvalue weighted by atomic mass is 16.5. The van der Waals surface area contributed by atoms with E-state index >= 15 is 0 Å². The van der Waals surface area contributed by atoms with E-state index < -0.39 is 0 Å². The average molecular weight is 518 g/mol. The molecule has 0 aliphatic heterocycles. The van der Waals surface area contributed by atoms with Crippen LogP contribution in [0, 0.1) is 0 Å². The zero-order valence-corrected chi connectivity index (χ0v) is 24.9. The maximum Gasteiger partial charge on any atom is 0.225 e. The number of hydrogen-bond donors (Lipinski definition) is 2. The molecule has 4 rings (SSSR count). The van der Waals surface area contributed by atoms with Gasteiger partial charge in [-0.05, 0) is 54.2 Å². The third kappa shape index (κ3) is 6.40. The Balaban J connectivity index is 1.42. The van der Waals surface area contributed by atoms with Crippen LogP contribution >= 0.6 is 0 Å². The molecule has 1 aliphatic rings. The number of ether oxygens (including phenoxy) is 1. The van der Waals surface area contributed by atoms with Crippen molar-refractivity contribution in [1.29, 1.82) is 0 Å². The smallest absolute Gasteiger partial charge is 0.225 e. The van der Waals surface area contributed by atoms with Crippen molar-refractivity contribution < 1.29 is 4.74 Å². The molecule has 6 heteroatoms. The second-order valence-electron chi connectivity index (χ2n) is 13.1. The standard InChI is InChI=1S/C32H47N5O/c1-31(2,3)22-18-21(28(38-9)26(19-22)32(4,5)6)20-33-23-14-16-24(17-15-23)34-30-35-27-13-11-10-12-25(27)29(36-30)37(7)8/h10-13,18-19,23-24,33H,14-17,20H2,1-9H3,(H,34,35,36)/t23-,24+. The van der Waals surface area contributed by atoms with Crippen LogP contribution < -0.4 is 20.3 Å². The average Bonchev–Trinajstić information content (AvgIpc) is 2.86. The molecule has 1 aliphatic carbocycles. The quantitative estimate of drug-likeness (QED) is 0.359. The Kier molecular flexibility index (Phi) is 8.22. The highest BCUT2D eigenvalue weighted by Crippen LogP contribution is 2.38. The summed E-state index contributed by atoms with van der Waals surface area (Å²) < 4.78 is 5.98. The fourth-order valence-corrected chi connectivity index (χ4v) is 5.40. The number of anilines is 2. The Morgan fingerprint density at radius 1 is 0.895 bits per heavy atom. The lowest BCUT2D eigenvalue weighted by atomic mass is 9.79. The maximum atomic E-state index is 5.98. The van der Waals surface area contributed by atoms with Gasteiger partial charge in [0.05, 0.1) is 12.6 Å². The third-order valence-corrected chi connectivity index (χ3v) is 7.69. The van der Waals surface area contributed by atoms with Crippen LogP contribution in [0.2, 0.25) is 0 Å². The van der Waals surface area contributed by atoms with E-state index in [1.165, 1.54) is 16.7 Å². The van der Waals surface area contributed by atoms with E-state index in [1.54, 1.807) is 7.11 Å². The number of fused-ring (bicyclic) bond motifs is 1. The lowest BCUT2D eigenvalue weighted by Crippen LogP contribution is -2.37.